The molecule has 0 aromatic heterocycles. The number of primary sulfonamides is 1. The number of carbonyl (C=O) groups is 1. The van der Waals surface area contributed by atoms with Crippen LogP contribution in [-0.4, -0.2) is 14.3 Å². The molecule has 5 nitrogen and oxygen atoms in total. The molecule has 0 saturated heterocycles. The summed E-state index contributed by atoms with van der Waals surface area (Å²) in [4.78, 5) is 12.2. The summed E-state index contributed by atoms with van der Waals surface area (Å²) in [6.07, 6.45) is 0.312. The Morgan fingerprint density at radius 1 is 1.13 bits per heavy atom. The molecule has 0 spiro atoms. The maximum absolute atomic E-state index is 12.1. The van der Waals surface area contributed by atoms with E-state index >= 15 is 0 Å². The highest BCUT2D eigenvalue weighted by Gasteiger charge is 2.13. The van der Waals surface area contributed by atoms with E-state index in [1.54, 1.807) is 12.1 Å². The lowest BCUT2D eigenvalue weighted by Gasteiger charge is -2.15. The molecule has 0 saturated carbocycles. The third-order valence-electron chi connectivity index (χ3n) is 3.70. The Morgan fingerprint density at radius 3 is 2.30 bits per heavy atom. The Morgan fingerprint density at radius 2 is 1.74 bits per heavy atom. The predicted octanol–water partition coefficient (Wildman–Crippen LogP) is 2.06. The molecule has 2 rings (SSSR count). The van der Waals surface area contributed by atoms with E-state index in [0.717, 1.165) is 16.7 Å². The Kier molecular flexibility index (Phi) is 5.18. The average molecular weight is 332 g/mol. The second-order valence-corrected chi connectivity index (χ2v) is 7.07. The molecule has 0 radical (unpaired) electrons. The van der Waals surface area contributed by atoms with Crippen LogP contribution in [0.3, 0.4) is 0 Å². The van der Waals surface area contributed by atoms with Crippen LogP contribution >= 0.6 is 0 Å². The molecule has 0 aliphatic rings. The zero-order chi connectivity index (χ0) is 17.0. The van der Waals surface area contributed by atoms with Crippen molar-refractivity contribution in [3.05, 3.63) is 65.2 Å². The number of amides is 1. The second kappa shape index (κ2) is 6.93. The van der Waals surface area contributed by atoms with Crippen LogP contribution in [-0.2, 0) is 21.2 Å². The minimum atomic E-state index is -3.70. The van der Waals surface area contributed by atoms with Gasteiger partial charge in [-0.2, -0.15) is 0 Å². The van der Waals surface area contributed by atoms with Crippen molar-refractivity contribution in [2.24, 2.45) is 5.14 Å². The first-order chi connectivity index (χ1) is 10.8. The second-order valence-electron chi connectivity index (χ2n) is 5.51. The van der Waals surface area contributed by atoms with Gasteiger partial charge in [-0.3, -0.25) is 4.79 Å². The molecule has 1 amide bonds. The van der Waals surface area contributed by atoms with Crippen molar-refractivity contribution in [2.45, 2.75) is 31.2 Å². The molecule has 0 bridgehead atoms. The van der Waals surface area contributed by atoms with E-state index in [9.17, 15) is 13.2 Å². The number of hydrogen-bond acceptors (Lipinski definition) is 3. The van der Waals surface area contributed by atoms with Crippen molar-refractivity contribution in [2.75, 3.05) is 0 Å². The van der Waals surface area contributed by atoms with Crippen LogP contribution < -0.4 is 10.5 Å². The van der Waals surface area contributed by atoms with Crippen LogP contribution in [0.25, 0.3) is 0 Å². The Hall–Kier alpha value is -2.18. The maximum Gasteiger partial charge on any atom is 0.238 e. The van der Waals surface area contributed by atoms with E-state index < -0.39 is 10.0 Å². The minimum Gasteiger partial charge on any atom is -0.349 e. The number of benzene rings is 2. The highest BCUT2D eigenvalue weighted by molar-refractivity contribution is 7.89. The van der Waals surface area contributed by atoms with E-state index in [2.05, 4.69) is 5.32 Å². The van der Waals surface area contributed by atoms with Gasteiger partial charge in [0.1, 0.15) is 0 Å². The van der Waals surface area contributed by atoms with E-state index in [4.69, 9.17) is 5.14 Å². The summed E-state index contributed by atoms with van der Waals surface area (Å²) in [6.45, 7) is 3.82. The molecule has 2 aromatic carbocycles. The van der Waals surface area contributed by atoms with Gasteiger partial charge in [0.15, 0.2) is 0 Å². The van der Waals surface area contributed by atoms with Crippen molar-refractivity contribution in [1.82, 2.24) is 5.32 Å². The summed E-state index contributed by atoms with van der Waals surface area (Å²) < 4.78 is 22.5. The standard InChI is InChI=1S/C17H20N2O3S/c1-12-5-3-4-6-15(12)11-17(20)19-13(2)14-7-9-16(10-8-14)23(18,21)22/h3-10,13H,11H2,1-2H3,(H,19,20)(H2,18,21,22)/t13-/m1/s1. The molecule has 1 atom stereocenters. The number of nitrogens with two attached hydrogens (primary N) is 1. The number of carbonyl (C=O) groups excluding carboxylic acids is 1. The number of aryl methyl sites for hydroxylation is 1. The predicted molar refractivity (Wildman–Crippen MR) is 89.3 cm³/mol. The van der Waals surface area contributed by atoms with Crippen LogP contribution in [0.4, 0.5) is 0 Å². The molecule has 0 heterocycles. The summed E-state index contributed by atoms with van der Waals surface area (Å²) in [7, 11) is -3.70. The van der Waals surface area contributed by atoms with Gasteiger partial charge in [-0.25, -0.2) is 13.6 Å². The van der Waals surface area contributed by atoms with Crippen LogP contribution in [0.2, 0.25) is 0 Å². The van der Waals surface area contributed by atoms with E-state index in [0.29, 0.717) is 6.42 Å². The van der Waals surface area contributed by atoms with Gasteiger partial charge in [-0.1, -0.05) is 36.4 Å². The molecule has 122 valence electrons. The highest BCUT2D eigenvalue weighted by Crippen LogP contribution is 2.16. The van der Waals surface area contributed by atoms with Gasteiger partial charge in [0.2, 0.25) is 15.9 Å². The van der Waals surface area contributed by atoms with E-state index in [-0.39, 0.29) is 16.8 Å². The van der Waals surface area contributed by atoms with Crippen LogP contribution in [0.5, 0.6) is 0 Å². The molecule has 0 fully saturated rings. The monoisotopic (exact) mass is 332 g/mol. The highest BCUT2D eigenvalue weighted by atomic mass is 32.2. The topological polar surface area (TPSA) is 89.3 Å². The zero-order valence-electron chi connectivity index (χ0n) is 13.1. The Balaban J connectivity index is 2.02. The van der Waals surface area contributed by atoms with Crippen molar-refractivity contribution in [3.8, 4) is 0 Å². The molecule has 23 heavy (non-hydrogen) atoms. The molecular formula is C17H20N2O3S. The lowest BCUT2D eigenvalue weighted by atomic mass is 10.0. The van der Waals surface area contributed by atoms with Gasteiger partial charge in [0, 0.05) is 0 Å². The molecule has 2 aromatic rings. The average Bonchev–Trinajstić information content (AvgIpc) is 2.49. The zero-order valence-corrected chi connectivity index (χ0v) is 13.9. The summed E-state index contributed by atoms with van der Waals surface area (Å²) >= 11 is 0. The molecule has 0 unspecified atom stereocenters. The lowest BCUT2D eigenvalue weighted by Crippen LogP contribution is -2.28. The fourth-order valence-electron chi connectivity index (χ4n) is 2.30. The number of hydrogen-bond donors (Lipinski definition) is 2. The third kappa shape index (κ3) is 4.64. The van der Waals surface area contributed by atoms with Gasteiger partial charge < -0.3 is 5.32 Å². The molecule has 3 N–H and O–H groups in total. The first-order valence-electron chi connectivity index (χ1n) is 7.24. The maximum atomic E-state index is 12.1. The summed E-state index contributed by atoms with van der Waals surface area (Å²) in [5.41, 5.74) is 2.88. The van der Waals surface area contributed by atoms with Crippen molar-refractivity contribution in [3.63, 3.8) is 0 Å². The third-order valence-corrected chi connectivity index (χ3v) is 4.63. The molecular weight excluding hydrogens is 312 g/mol. The van der Waals surface area contributed by atoms with Gasteiger partial charge in [-0.05, 0) is 42.7 Å². The number of nitrogens with one attached hydrogen (secondary N) is 1. The molecule has 0 aliphatic carbocycles. The normalized spacial score (nSPS) is 12.7. The molecule has 0 aliphatic heterocycles. The fourth-order valence-corrected chi connectivity index (χ4v) is 2.82. The fraction of sp³-hybridized carbons (Fsp3) is 0.235. The minimum absolute atomic E-state index is 0.0553. The van der Waals surface area contributed by atoms with Gasteiger partial charge in [0.25, 0.3) is 0 Å². The van der Waals surface area contributed by atoms with Crippen LogP contribution in [0, 0.1) is 6.92 Å². The first-order valence-corrected chi connectivity index (χ1v) is 8.78. The van der Waals surface area contributed by atoms with Crippen LogP contribution in [0.15, 0.2) is 53.4 Å². The van der Waals surface area contributed by atoms with Gasteiger partial charge >= 0.3 is 0 Å². The quantitative estimate of drug-likeness (QED) is 0.878. The summed E-state index contributed by atoms with van der Waals surface area (Å²) in [6, 6.07) is 13.7. The van der Waals surface area contributed by atoms with Crippen LogP contribution in [0.1, 0.15) is 29.7 Å². The SMILES string of the molecule is Cc1ccccc1CC(=O)N[C@H](C)c1ccc(S(N)(=O)=O)cc1. The smallest absolute Gasteiger partial charge is 0.238 e. The first kappa shape index (κ1) is 17.2. The number of rotatable bonds is 5. The van der Waals surface area contributed by atoms with Crippen molar-refractivity contribution < 1.29 is 13.2 Å². The van der Waals surface area contributed by atoms with Crippen molar-refractivity contribution >= 4 is 15.9 Å². The lowest BCUT2D eigenvalue weighted by molar-refractivity contribution is -0.121. The Bertz CT molecular complexity index is 799. The summed E-state index contributed by atoms with van der Waals surface area (Å²) in [5.74, 6) is -0.0812. The van der Waals surface area contributed by atoms with E-state index in [1.807, 2.05) is 38.1 Å². The Labute approximate surface area is 136 Å². The molecule has 6 heteroatoms. The van der Waals surface area contributed by atoms with Gasteiger partial charge in [0.05, 0.1) is 17.4 Å². The number of sulfonamides is 1. The van der Waals surface area contributed by atoms with Crippen molar-refractivity contribution in [1.29, 1.82) is 0 Å². The largest absolute Gasteiger partial charge is 0.349 e. The van der Waals surface area contributed by atoms with Gasteiger partial charge in [-0.15, -0.1) is 0 Å². The summed E-state index contributed by atoms with van der Waals surface area (Å²) in [5, 5.41) is 7.98. The van der Waals surface area contributed by atoms with E-state index in [1.165, 1.54) is 12.1 Å².